The number of rotatable bonds is 3. The Hall–Kier alpha value is -1.33. The Morgan fingerprint density at radius 2 is 2.28 bits per heavy atom. The maximum absolute atomic E-state index is 11.7. The Morgan fingerprint density at radius 1 is 1.50 bits per heavy atom. The molecule has 6 heteroatoms. The number of halogens is 1. The van der Waals surface area contributed by atoms with E-state index in [-0.39, 0.29) is 30.3 Å². The molecular formula is C12H18ClN3O2. The van der Waals surface area contributed by atoms with Crippen molar-refractivity contribution in [1.82, 2.24) is 10.3 Å². The summed E-state index contributed by atoms with van der Waals surface area (Å²) >= 11 is 0. The monoisotopic (exact) mass is 271 g/mol. The molecule has 18 heavy (non-hydrogen) atoms. The fraction of sp³-hybridized carbons (Fsp3) is 0.500. The number of nitrogens with one attached hydrogen (secondary N) is 1. The zero-order chi connectivity index (χ0) is 12.3. The third-order valence-electron chi connectivity index (χ3n) is 3.16. The molecular weight excluding hydrogens is 254 g/mol. The molecule has 1 amide bonds. The van der Waals surface area contributed by atoms with Gasteiger partial charge in [-0.25, -0.2) is 4.98 Å². The van der Waals surface area contributed by atoms with Crippen LogP contribution in [0.3, 0.4) is 0 Å². The smallest absolute Gasteiger partial charge is 0.269 e. The first-order valence-corrected chi connectivity index (χ1v) is 5.84. The van der Waals surface area contributed by atoms with E-state index in [1.54, 1.807) is 12.1 Å². The highest BCUT2D eigenvalue weighted by Crippen LogP contribution is 2.24. The average Bonchev–Trinajstić information content (AvgIpc) is 2.73. The highest BCUT2D eigenvalue weighted by atomic mass is 35.5. The number of aliphatic hydroxyl groups excluding tert-OH is 1. The van der Waals surface area contributed by atoms with Crippen molar-refractivity contribution in [2.45, 2.75) is 25.4 Å². The predicted molar refractivity (Wildman–Crippen MR) is 71.6 cm³/mol. The van der Waals surface area contributed by atoms with Gasteiger partial charge in [-0.05, 0) is 25.0 Å². The van der Waals surface area contributed by atoms with Gasteiger partial charge in [0.05, 0.1) is 18.0 Å². The Labute approximate surface area is 112 Å². The molecule has 0 bridgehead atoms. The van der Waals surface area contributed by atoms with Gasteiger partial charge in [0.2, 0.25) is 0 Å². The number of nitrogens with zero attached hydrogens (tertiary/aromatic N) is 1. The Kier molecular flexibility index (Phi) is 5.37. The molecule has 0 saturated heterocycles. The number of anilines is 1. The lowest BCUT2D eigenvalue weighted by molar-refractivity contribution is 0.0912. The van der Waals surface area contributed by atoms with Crippen LogP contribution in [-0.4, -0.2) is 28.6 Å². The van der Waals surface area contributed by atoms with Gasteiger partial charge < -0.3 is 16.2 Å². The molecule has 5 nitrogen and oxygen atoms in total. The van der Waals surface area contributed by atoms with Gasteiger partial charge in [-0.2, -0.15) is 0 Å². The number of hydrogen-bond acceptors (Lipinski definition) is 4. The van der Waals surface area contributed by atoms with E-state index in [2.05, 4.69) is 10.3 Å². The Morgan fingerprint density at radius 3 is 2.83 bits per heavy atom. The Bertz CT molecular complexity index is 397. The number of carbonyl (C=O) groups excluding carboxylic acids is 1. The molecule has 0 radical (unpaired) electrons. The van der Waals surface area contributed by atoms with Gasteiger partial charge >= 0.3 is 0 Å². The molecule has 1 aromatic rings. The van der Waals surface area contributed by atoms with Gasteiger partial charge in [-0.3, -0.25) is 4.79 Å². The van der Waals surface area contributed by atoms with Crippen LogP contribution in [0.25, 0.3) is 0 Å². The van der Waals surface area contributed by atoms with Crippen LogP contribution in [0.5, 0.6) is 0 Å². The summed E-state index contributed by atoms with van der Waals surface area (Å²) in [6.45, 7) is 0.506. The number of pyridine rings is 1. The molecule has 1 saturated carbocycles. The maximum atomic E-state index is 11.7. The van der Waals surface area contributed by atoms with Gasteiger partial charge in [0.25, 0.3) is 5.91 Å². The first-order valence-electron chi connectivity index (χ1n) is 5.84. The van der Waals surface area contributed by atoms with Gasteiger partial charge in [0.1, 0.15) is 5.69 Å². The number of aromatic nitrogens is 1. The summed E-state index contributed by atoms with van der Waals surface area (Å²) < 4.78 is 0. The highest BCUT2D eigenvalue weighted by molar-refractivity contribution is 5.92. The number of hydrogen-bond donors (Lipinski definition) is 3. The fourth-order valence-electron chi connectivity index (χ4n) is 2.11. The van der Waals surface area contributed by atoms with Crippen LogP contribution < -0.4 is 11.1 Å². The fourth-order valence-corrected chi connectivity index (χ4v) is 2.11. The molecule has 1 aromatic heterocycles. The van der Waals surface area contributed by atoms with E-state index in [9.17, 15) is 9.90 Å². The topological polar surface area (TPSA) is 88.2 Å². The van der Waals surface area contributed by atoms with Gasteiger partial charge in [-0.15, -0.1) is 12.4 Å². The Balaban J connectivity index is 0.00000162. The molecule has 4 N–H and O–H groups in total. The third-order valence-corrected chi connectivity index (χ3v) is 3.16. The van der Waals surface area contributed by atoms with E-state index in [0.717, 1.165) is 19.3 Å². The summed E-state index contributed by atoms with van der Waals surface area (Å²) in [5.41, 5.74) is 6.38. The predicted octanol–water partition coefficient (Wildman–Crippen LogP) is 0.976. The summed E-state index contributed by atoms with van der Waals surface area (Å²) in [4.78, 5) is 15.7. The second kappa shape index (κ2) is 6.56. The molecule has 0 spiro atoms. The van der Waals surface area contributed by atoms with E-state index in [0.29, 0.717) is 17.9 Å². The van der Waals surface area contributed by atoms with Crippen molar-refractivity contribution in [1.29, 1.82) is 0 Å². The second-order valence-electron chi connectivity index (χ2n) is 4.45. The van der Waals surface area contributed by atoms with E-state index in [1.165, 1.54) is 6.20 Å². The molecule has 2 atom stereocenters. The van der Waals surface area contributed by atoms with Crippen molar-refractivity contribution in [3.8, 4) is 0 Å². The van der Waals surface area contributed by atoms with E-state index in [1.807, 2.05) is 0 Å². The number of nitrogens with two attached hydrogens (primary N) is 1. The van der Waals surface area contributed by atoms with Crippen molar-refractivity contribution in [2.24, 2.45) is 5.92 Å². The molecule has 1 aliphatic rings. The minimum Gasteiger partial charge on any atom is -0.397 e. The third kappa shape index (κ3) is 3.58. The zero-order valence-electron chi connectivity index (χ0n) is 10.0. The number of carbonyl (C=O) groups is 1. The van der Waals surface area contributed by atoms with Crippen LogP contribution >= 0.6 is 12.4 Å². The van der Waals surface area contributed by atoms with Crippen LogP contribution in [0.1, 0.15) is 29.8 Å². The van der Waals surface area contributed by atoms with Crippen molar-refractivity contribution in [3.63, 3.8) is 0 Å². The van der Waals surface area contributed by atoms with Gasteiger partial charge in [0.15, 0.2) is 0 Å². The normalized spacial score (nSPS) is 22.3. The number of nitrogen functional groups attached to an aromatic ring is 1. The van der Waals surface area contributed by atoms with Crippen LogP contribution in [0.4, 0.5) is 5.69 Å². The lowest BCUT2D eigenvalue weighted by Crippen LogP contribution is -2.32. The molecule has 1 fully saturated rings. The minimum absolute atomic E-state index is 0. The first-order chi connectivity index (χ1) is 8.16. The van der Waals surface area contributed by atoms with E-state index >= 15 is 0 Å². The molecule has 0 aliphatic heterocycles. The van der Waals surface area contributed by atoms with Crippen LogP contribution in [0.15, 0.2) is 18.3 Å². The van der Waals surface area contributed by atoms with Crippen LogP contribution in [0, 0.1) is 5.92 Å². The van der Waals surface area contributed by atoms with Crippen molar-refractivity contribution >= 4 is 24.0 Å². The quantitative estimate of drug-likeness (QED) is 0.765. The van der Waals surface area contributed by atoms with Gasteiger partial charge in [0, 0.05) is 12.5 Å². The first kappa shape index (κ1) is 14.7. The number of aliphatic hydroxyl groups is 1. The van der Waals surface area contributed by atoms with Crippen LogP contribution in [-0.2, 0) is 0 Å². The molecule has 0 aromatic carbocycles. The second-order valence-corrected chi connectivity index (χ2v) is 4.45. The SMILES string of the molecule is Cl.Nc1ccc(C(=O)NCC2CCCC2O)nc1. The maximum Gasteiger partial charge on any atom is 0.269 e. The summed E-state index contributed by atoms with van der Waals surface area (Å²) in [5.74, 6) is -0.0446. The van der Waals surface area contributed by atoms with Gasteiger partial charge in [-0.1, -0.05) is 6.42 Å². The summed E-state index contributed by atoms with van der Waals surface area (Å²) in [6, 6.07) is 3.24. The average molecular weight is 272 g/mol. The molecule has 2 rings (SSSR count). The highest BCUT2D eigenvalue weighted by Gasteiger charge is 2.25. The minimum atomic E-state index is -0.283. The van der Waals surface area contributed by atoms with Crippen LogP contribution in [0.2, 0.25) is 0 Å². The molecule has 2 unspecified atom stereocenters. The summed E-state index contributed by atoms with van der Waals surface area (Å²) in [5, 5.41) is 12.4. The molecule has 100 valence electrons. The lowest BCUT2D eigenvalue weighted by Gasteiger charge is -2.14. The lowest BCUT2D eigenvalue weighted by atomic mass is 10.1. The largest absolute Gasteiger partial charge is 0.397 e. The summed E-state index contributed by atoms with van der Waals surface area (Å²) in [6.07, 6.45) is 4.01. The molecule has 1 aliphatic carbocycles. The molecule has 1 heterocycles. The number of amides is 1. The standard InChI is InChI=1S/C12H17N3O2.ClH/c13-9-4-5-10(14-7-9)12(17)15-6-8-2-1-3-11(8)16;/h4-5,7-8,11,16H,1-3,6,13H2,(H,15,17);1H. The van der Waals surface area contributed by atoms with Crippen molar-refractivity contribution in [3.05, 3.63) is 24.0 Å². The van der Waals surface area contributed by atoms with Crippen molar-refractivity contribution < 1.29 is 9.90 Å². The summed E-state index contributed by atoms with van der Waals surface area (Å²) in [7, 11) is 0. The van der Waals surface area contributed by atoms with Crippen molar-refractivity contribution in [2.75, 3.05) is 12.3 Å². The zero-order valence-corrected chi connectivity index (χ0v) is 10.8. The van der Waals surface area contributed by atoms with E-state index in [4.69, 9.17) is 5.73 Å². The van der Waals surface area contributed by atoms with E-state index < -0.39 is 0 Å².